The van der Waals surface area contributed by atoms with E-state index in [0.717, 1.165) is 37.4 Å². The number of rotatable bonds is 14. The standard InChI is InChI=1S/C24H44N2O4S/c1-6-7-8-9-10-18-11-13-19(14-12-18)22(27)25-20(15-16-31-5)23(28)26-21(17(2)3)24(29)30-4/h17-21H,6-16H2,1-5H3,(H,25,27)(H,26,28)/t18?,19?,20-,21-/m1/s1. The molecule has 0 radical (unpaired) electrons. The lowest BCUT2D eigenvalue weighted by molar-refractivity contribution is -0.146. The van der Waals surface area contributed by atoms with Gasteiger partial charge in [-0.25, -0.2) is 4.79 Å². The van der Waals surface area contributed by atoms with Crippen molar-refractivity contribution in [2.45, 2.75) is 97.1 Å². The van der Waals surface area contributed by atoms with Crippen LogP contribution in [0.3, 0.4) is 0 Å². The second-order valence-corrected chi connectivity index (χ2v) is 10.1. The van der Waals surface area contributed by atoms with Gasteiger partial charge in [0.05, 0.1) is 7.11 Å². The number of unbranched alkanes of at least 4 members (excludes halogenated alkanes) is 3. The maximum atomic E-state index is 12.9. The number of hydrogen-bond donors (Lipinski definition) is 2. The van der Waals surface area contributed by atoms with Gasteiger partial charge in [0.2, 0.25) is 11.8 Å². The predicted molar refractivity (Wildman–Crippen MR) is 128 cm³/mol. The number of ether oxygens (including phenoxy) is 1. The number of amides is 2. The van der Waals surface area contributed by atoms with E-state index in [1.807, 2.05) is 20.1 Å². The molecule has 1 rings (SSSR count). The van der Waals surface area contributed by atoms with Crippen molar-refractivity contribution in [2.75, 3.05) is 19.1 Å². The Bertz CT molecular complexity index is 548. The molecular formula is C24H44N2O4S. The molecule has 0 aliphatic heterocycles. The first-order valence-corrected chi connectivity index (χ1v) is 13.4. The summed E-state index contributed by atoms with van der Waals surface area (Å²) in [4.78, 5) is 37.8. The molecule has 0 aromatic rings. The van der Waals surface area contributed by atoms with Crippen molar-refractivity contribution >= 4 is 29.5 Å². The summed E-state index contributed by atoms with van der Waals surface area (Å²) in [6.45, 7) is 5.95. The predicted octanol–water partition coefficient (Wildman–Crippen LogP) is 4.31. The van der Waals surface area contributed by atoms with E-state index in [4.69, 9.17) is 4.74 Å². The highest BCUT2D eigenvalue weighted by atomic mass is 32.2. The number of nitrogens with one attached hydrogen (secondary N) is 2. The Labute approximate surface area is 193 Å². The second-order valence-electron chi connectivity index (χ2n) is 9.16. The van der Waals surface area contributed by atoms with Crippen molar-refractivity contribution in [3.05, 3.63) is 0 Å². The summed E-state index contributed by atoms with van der Waals surface area (Å²) in [5.74, 6) is 0.590. The highest BCUT2D eigenvalue weighted by Crippen LogP contribution is 2.32. The Kier molecular flexibility index (Phi) is 13.9. The van der Waals surface area contributed by atoms with Crippen LogP contribution in [-0.4, -0.2) is 49.0 Å². The van der Waals surface area contributed by atoms with Crippen LogP contribution < -0.4 is 10.6 Å². The summed E-state index contributed by atoms with van der Waals surface area (Å²) < 4.78 is 4.82. The monoisotopic (exact) mass is 456 g/mol. The summed E-state index contributed by atoms with van der Waals surface area (Å²) >= 11 is 1.63. The lowest BCUT2D eigenvalue weighted by atomic mass is 9.79. The largest absolute Gasteiger partial charge is 0.467 e. The summed E-state index contributed by atoms with van der Waals surface area (Å²) in [5.41, 5.74) is 0. The lowest BCUT2D eigenvalue weighted by Gasteiger charge is -2.30. The van der Waals surface area contributed by atoms with E-state index in [9.17, 15) is 14.4 Å². The van der Waals surface area contributed by atoms with E-state index in [1.54, 1.807) is 11.8 Å². The number of carbonyl (C=O) groups excluding carboxylic acids is 3. The van der Waals surface area contributed by atoms with E-state index >= 15 is 0 Å². The Morgan fingerprint density at radius 1 is 1.03 bits per heavy atom. The van der Waals surface area contributed by atoms with Gasteiger partial charge in [-0.15, -0.1) is 0 Å². The Morgan fingerprint density at radius 3 is 2.26 bits per heavy atom. The van der Waals surface area contributed by atoms with Crippen molar-refractivity contribution in [3.63, 3.8) is 0 Å². The molecule has 0 unspecified atom stereocenters. The second kappa shape index (κ2) is 15.5. The normalized spacial score (nSPS) is 20.7. The third-order valence-electron chi connectivity index (χ3n) is 6.35. The maximum Gasteiger partial charge on any atom is 0.328 e. The van der Waals surface area contributed by atoms with Crippen LogP contribution in [0.15, 0.2) is 0 Å². The summed E-state index contributed by atoms with van der Waals surface area (Å²) in [6.07, 6.45) is 13.0. The molecular weight excluding hydrogens is 412 g/mol. The van der Waals surface area contributed by atoms with Gasteiger partial charge >= 0.3 is 5.97 Å². The van der Waals surface area contributed by atoms with Crippen molar-refractivity contribution in [1.82, 2.24) is 10.6 Å². The van der Waals surface area contributed by atoms with Gasteiger partial charge in [-0.3, -0.25) is 9.59 Å². The molecule has 0 heterocycles. The molecule has 0 aromatic heterocycles. The zero-order valence-corrected chi connectivity index (χ0v) is 21.0. The van der Waals surface area contributed by atoms with Crippen LogP contribution in [0.4, 0.5) is 0 Å². The molecule has 180 valence electrons. The molecule has 2 atom stereocenters. The van der Waals surface area contributed by atoms with E-state index in [1.165, 1.54) is 39.2 Å². The van der Waals surface area contributed by atoms with Crippen LogP contribution in [0.1, 0.15) is 85.0 Å². The zero-order chi connectivity index (χ0) is 23.2. The van der Waals surface area contributed by atoms with Gasteiger partial charge < -0.3 is 15.4 Å². The number of carbonyl (C=O) groups is 3. The van der Waals surface area contributed by atoms with Gasteiger partial charge in [0, 0.05) is 5.92 Å². The molecule has 2 N–H and O–H groups in total. The average Bonchev–Trinajstić information content (AvgIpc) is 2.77. The van der Waals surface area contributed by atoms with Crippen LogP contribution >= 0.6 is 11.8 Å². The van der Waals surface area contributed by atoms with Gasteiger partial charge in [0.25, 0.3) is 0 Å². The van der Waals surface area contributed by atoms with Crippen molar-refractivity contribution in [2.24, 2.45) is 17.8 Å². The van der Waals surface area contributed by atoms with Crippen molar-refractivity contribution in [3.8, 4) is 0 Å². The van der Waals surface area contributed by atoms with Crippen LogP contribution in [0.2, 0.25) is 0 Å². The number of hydrogen-bond acceptors (Lipinski definition) is 5. The molecule has 1 saturated carbocycles. The van der Waals surface area contributed by atoms with E-state index < -0.39 is 18.1 Å². The molecule has 0 aromatic carbocycles. The first kappa shape index (κ1) is 27.8. The number of methoxy groups -OCH3 is 1. The highest BCUT2D eigenvalue weighted by molar-refractivity contribution is 7.98. The smallest absolute Gasteiger partial charge is 0.328 e. The quantitative estimate of drug-likeness (QED) is 0.300. The highest BCUT2D eigenvalue weighted by Gasteiger charge is 2.32. The summed E-state index contributed by atoms with van der Waals surface area (Å²) in [7, 11) is 1.32. The van der Waals surface area contributed by atoms with E-state index in [0.29, 0.717) is 6.42 Å². The van der Waals surface area contributed by atoms with Gasteiger partial charge in [0.15, 0.2) is 0 Å². The minimum Gasteiger partial charge on any atom is -0.467 e. The third-order valence-corrected chi connectivity index (χ3v) is 6.99. The topological polar surface area (TPSA) is 84.5 Å². The number of thioether (sulfide) groups is 1. The zero-order valence-electron chi connectivity index (χ0n) is 20.2. The fraction of sp³-hybridized carbons (Fsp3) is 0.875. The molecule has 0 spiro atoms. The molecule has 31 heavy (non-hydrogen) atoms. The minimum absolute atomic E-state index is 0.0158. The SMILES string of the molecule is CCCCCCC1CCC(C(=O)N[C@H](CCSC)C(=O)N[C@@H](C(=O)OC)C(C)C)CC1. The molecule has 7 heteroatoms. The fourth-order valence-electron chi connectivity index (χ4n) is 4.25. The Morgan fingerprint density at radius 2 is 1.71 bits per heavy atom. The summed E-state index contributed by atoms with van der Waals surface area (Å²) in [6, 6.07) is -1.34. The molecule has 0 saturated heterocycles. The van der Waals surface area contributed by atoms with Gasteiger partial charge in [-0.05, 0) is 55.9 Å². The summed E-state index contributed by atoms with van der Waals surface area (Å²) in [5, 5.41) is 5.77. The molecule has 1 aliphatic rings. The minimum atomic E-state index is -0.714. The van der Waals surface area contributed by atoms with Gasteiger partial charge in [0.1, 0.15) is 12.1 Å². The first-order valence-electron chi connectivity index (χ1n) is 12.0. The van der Waals surface area contributed by atoms with Gasteiger partial charge in [-0.2, -0.15) is 11.8 Å². The molecule has 0 bridgehead atoms. The molecule has 2 amide bonds. The Balaban J connectivity index is 2.59. The average molecular weight is 457 g/mol. The van der Waals surface area contributed by atoms with Gasteiger partial charge in [-0.1, -0.05) is 52.9 Å². The van der Waals surface area contributed by atoms with Crippen molar-refractivity contribution < 1.29 is 19.1 Å². The van der Waals surface area contributed by atoms with Crippen LogP contribution in [0.5, 0.6) is 0 Å². The lowest BCUT2D eigenvalue weighted by Crippen LogP contribution is -2.54. The fourth-order valence-corrected chi connectivity index (χ4v) is 4.72. The van der Waals surface area contributed by atoms with Crippen LogP contribution in [0.25, 0.3) is 0 Å². The molecule has 1 fully saturated rings. The van der Waals surface area contributed by atoms with Crippen LogP contribution in [0, 0.1) is 17.8 Å². The van der Waals surface area contributed by atoms with E-state index in [-0.39, 0.29) is 23.7 Å². The molecule has 1 aliphatic carbocycles. The van der Waals surface area contributed by atoms with Crippen LogP contribution in [-0.2, 0) is 19.1 Å². The molecule has 6 nitrogen and oxygen atoms in total. The third kappa shape index (κ3) is 10.3. The maximum absolute atomic E-state index is 12.9. The number of esters is 1. The van der Waals surface area contributed by atoms with E-state index in [2.05, 4.69) is 17.6 Å². The first-order chi connectivity index (χ1) is 14.8. The Hall–Kier alpha value is -1.24. The van der Waals surface area contributed by atoms with Crippen molar-refractivity contribution in [1.29, 1.82) is 0 Å².